The van der Waals surface area contributed by atoms with Crippen molar-refractivity contribution in [2.45, 2.75) is 52.4 Å². The van der Waals surface area contributed by atoms with E-state index in [0.717, 1.165) is 38.1 Å². The van der Waals surface area contributed by atoms with Gasteiger partial charge in [0.05, 0.1) is 0 Å². The fourth-order valence-corrected chi connectivity index (χ4v) is 1.72. The van der Waals surface area contributed by atoms with Gasteiger partial charge in [-0.3, -0.25) is 0 Å². The van der Waals surface area contributed by atoms with Crippen LogP contribution in [0.3, 0.4) is 0 Å². The number of ether oxygens (including phenoxy) is 1. The van der Waals surface area contributed by atoms with Gasteiger partial charge in [0.2, 0.25) is 0 Å². The highest BCUT2D eigenvalue weighted by atomic mass is 16.5. The summed E-state index contributed by atoms with van der Waals surface area (Å²) in [5.41, 5.74) is 1.34. The molecule has 0 aliphatic heterocycles. The lowest BCUT2D eigenvalue weighted by Crippen LogP contribution is -1.97. The van der Waals surface area contributed by atoms with Crippen LogP contribution in [-0.4, -0.2) is 20.0 Å². The summed E-state index contributed by atoms with van der Waals surface area (Å²) < 4.78 is 5.03. The molecule has 94 valence electrons. The third-order valence-corrected chi connectivity index (χ3v) is 2.85. The van der Waals surface area contributed by atoms with Gasteiger partial charge in [0, 0.05) is 20.1 Å². The topological polar surface area (TPSA) is 26.3 Å². The summed E-state index contributed by atoms with van der Waals surface area (Å²) in [5, 5.41) is 0. The zero-order valence-corrected chi connectivity index (χ0v) is 11.0. The first-order valence-electron chi connectivity index (χ1n) is 6.29. The maximum atomic E-state index is 10.2. The van der Waals surface area contributed by atoms with E-state index in [1.807, 2.05) is 0 Å². The van der Waals surface area contributed by atoms with Crippen LogP contribution in [0.5, 0.6) is 0 Å². The molecule has 0 bridgehead atoms. The van der Waals surface area contributed by atoms with E-state index in [4.69, 9.17) is 4.74 Å². The van der Waals surface area contributed by atoms with Gasteiger partial charge in [-0.25, -0.2) is 0 Å². The Morgan fingerprint density at radius 2 is 2.06 bits per heavy atom. The van der Waals surface area contributed by atoms with E-state index in [1.54, 1.807) is 7.11 Å². The Labute approximate surface area is 100 Å². The van der Waals surface area contributed by atoms with Crippen molar-refractivity contribution < 1.29 is 9.53 Å². The van der Waals surface area contributed by atoms with Crippen LogP contribution in [0.25, 0.3) is 0 Å². The van der Waals surface area contributed by atoms with Crippen LogP contribution >= 0.6 is 0 Å². The smallest absolute Gasteiger partial charge is 0.120 e. The quantitative estimate of drug-likeness (QED) is 0.322. The van der Waals surface area contributed by atoms with E-state index in [1.165, 1.54) is 18.4 Å². The molecule has 0 N–H and O–H groups in total. The zero-order chi connectivity index (χ0) is 12.2. The lowest BCUT2D eigenvalue weighted by molar-refractivity contribution is -0.107. The number of methoxy groups -OCH3 is 1. The molecule has 0 aliphatic rings. The fraction of sp³-hybridized carbons (Fsp3) is 0.786. The molecule has 0 amide bonds. The minimum Gasteiger partial charge on any atom is -0.385 e. The Morgan fingerprint density at radius 1 is 1.31 bits per heavy atom. The Kier molecular flexibility index (Phi) is 10.4. The highest BCUT2D eigenvalue weighted by molar-refractivity contribution is 5.49. The van der Waals surface area contributed by atoms with Crippen LogP contribution < -0.4 is 0 Å². The van der Waals surface area contributed by atoms with E-state index in [2.05, 4.69) is 19.9 Å². The largest absolute Gasteiger partial charge is 0.385 e. The third kappa shape index (κ3) is 9.91. The number of hydrogen-bond acceptors (Lipinski definition) is 2. The minimum absolute atomic E-state index is 0.658. The predicted octanol–water partition coefficient (Wildman–Crippen LogP) is 3.75. The first-order valence-corrected chi connectivity index (χ1v) is 6.29. The van der Waals surface area contributed by atoms with Gasteiger partial charge in [0.25, 0.3) is 0 Å². The van der Waals surface area contributed by atoms with Gasteiger partial charge in [-0.15, -0.1) is 0 Å². The molecule has 0 radical (unpaired) electrons. The Morgan fingerprint density at radius 3 is 2.69 bits per heavy atom. The Balaban J connectivity index is 3.51. The molecule has 1 atom stereocenters. The molecule has 0 aliphatic carbocycles. The third-order valence-electron chi connectivity index (χ3n) is 2.85. The second-order valence-electron chi connectivity index (χ2n) is 4.57. The second-order valence-corrected chi connectivity index (χ2v) is 4.57. The maximum Gasteiger partial charge on any atom is 0.120 e. The predicted molar refractivity (Wildman–Crippen MR) is 68.6 cm³/mol. The number of allylic oxidation sites excluding steroid dienone is 2. The molecule has 0 saturated carbocycles. The van der Waals surface area contributed by atoms with E-state index in [0.29, 0.717) is 6.42 Å². The van der Waals surface area contributed by atoms with E-state index in [-0.39, 0.29) is 0 Å². The van der Waals surface area contributed by atoms with Gasteiger partial charge >= 0.3 is 0 Å². The van der Waals surface area contributed by atoms with E-state index < -0.39 is 0 Å². The van der Waals surface area contributed by atoms with E-state index in [9.17, 15) is 4.79 Å². The normalized spacial score (nSPS) is 13.8. The number of aldehydes is 1. The first kappa shape index (κ1) is 15.4. The first-order chi connectivity index (χ1) is 7.70. The average Bonchev–Trinajstić information content (AvgIpc) is 2.26. The Bertz CT molecular complexity index is 197. The standard InChI is InChI=1S/C14H26O2/c1-13(9-5-11-15)7-4-8-14(2)10-6-12-16-3/h7,11,14H,4-6,8-10,12H2,1-3H3/b13-7+. The van der Waals surface area contributed by atoms with Crippen molar-refractivity contribution in [2.75, 3.05) is 13.7 Å². The van der Waals surface area contributed by atoms with Crippen LogP contribution in [0, 0.1) is 5.92 Å². The molecule has 0 fully saturated rings. The summed E-state index contributed by atoms with van der Waals surface area (Å²) >= 11 is 0. The summed E-state index contributed by atoms with van der Waals surface area (Å²) in [5.74, 6) is 0.769. The van der Waals surface area contributed by atoms with Gasteiger partial charge < -0.3 is 9.53 Å². The SMILES string of the molecule is COCCCC(C)CC/C=C(\C)CCC=O. The molecule has 0 aromatic rings. The fourth-order valence-electron chi connectivity index (χ4n) is 1.72. The molecule has 0 heterocycles. The lowest BCUT2D eigenvalue weighted by Gasteiger charge is -2.09. The van der Waals surface area contributed by atoms with E-state index >= 15 is 0 Å². The van der Waals surface area contributed by atoms with Gasteiger partial charge in [-0.05, 0) is 44.9 Å². The Hall–Kier alpha value is -0.630. The minimum atomic E-state index is 0.658. The van der Waals surface area contributed by atoms with Gasteiger partial charge in [-0.2, -0.15) is 0 Å². The van der Waals surface area contributed by atoms with Crippen molar-refractivity contribution >= 4 is 6.29 Å². The van der Waals surface area contributed by atoms with Gasteiger partial charge in [0.1, 0.15) is 6.29 Å². The average molecular weight is 226 g/mol. The summed E-state index contributed by atoms with van der Waals surface area (Å²) in [6, 6.07) is 0. The summed E-state index contributed by atoms with van der Waals surface area (Å²) in [7, 11) is 1.75. The van der Waals surface area contributed by atoms with Gasteiger partial charge in [-0.1, -0.05) is 18.6 Å². The highest BCUT2D eigenvalue weighted by Crippen LogP contribution is 2.14. The maximum absolute atomic E-state index is 10.2. The molecule has 2 nitrogen and oxygen atoms in total. The summed E-state index contributed by atoms with van der Waals surface area (Å²) in [6.07, 6.45) is 9.62. The monoisotopic (exact) mass is 226 g/mol. The molecule has 2 heteroatoms. The summed E-state index contributed by atoms with van der Waals surface area (Å²) in [4.78, 5) is 10.2. The van der Waals surface area contributed by atoms with Crippen molar-refractivity contribution in [2.24, 2.45) is 5.92 Å². The van der Waals surface area contributed by atoms with Crippen LogP contribution in [-0.2, 0) is 9.53 Å². The molecule has 0 saturated heterocycles. The van der Waals surface area contributed by atoms with Crippen LogP contribution in [0.2, 0.25) is 0 Å². The van der Waals surface area contributed by atoms with Crippen LogP contribution in [0.4, 0.5) is 0 Å². The second kappa shape index (κ2) is 10.9. The molecule has 0 aromatic carbocycles. The molecule has 0 spiro atoms. The molecule has 0 aromatic heterocycles. The molecule has 0 rings (SSSR count). The molecular formula is C14H26O2. The van der Waals surface area contributed by atoms with Crippen molar-refractivity contribution in [1.82, 2.24) is 0 Å². The van der Waals surface area contributed by atoms with Crippen LogP contribution in [0.15, 0.2) is 11.6 Å². The van der Waals surface area contributed by atoms with Crippen molar-refractivity contribution in [3.8, 4) is 0 Å². The molecule has 1 unspecified atom stereocenters. The zero-order valence-electron chi connectivity index (χ0n) is 11.0. The molecule has 16 heavy (non-hydrogen) atoms. The van der Waals surface area contributed by atoms with Gasteiger partial charge in [0.15, 0.2) is 0 Å². The van der Waals surface area contributed by atoms with Crippen molar-refractivity contribution in [3.63, 3.8) is 0 Å². The molecular weight excluding hydrogens is 200 g/mol. The number of rotatable bonds is 10. The number of carbonyl (C=O) groups is 1. The van der Waals surface area contributed by atoms with Crippen molar-refractivity contribution in [3.05, 3.63) is 11.6 Å². The number of carbonyl (C=O) groups excluding carboxylic acids is 1. The van der Waals surface area contributed by atoms with Crippen LogP contribution in [0.1, 0.15) is 52.4 Å². The lowest BCUT2D eigenvalue weighted by atomic mass is 9.99. The van der Waals surface area contributed by atoms with Crippen molar-refractivity contribution in [1.29, 1.82) is 0 Å². The highest BCUT2D eigenvalue weighted by Gasteiger charge is 2.00. The summed E-state index contributed by atoms with van der Waals surface area (Å²) in [6.45, 7) is 5.28. The number of hydrogen-bond donors (Lipinski definition) is 0.